The van der Waals surface area contributed by atoms with E-state index < -0.39 is 43.3 Å². The molecule has 0 amide bonds. The van der Waals surface area contributed by atoms with Crippen molar-refractivity contribution in [3.05, 3.63) is 96.1 Å². The Labute approximate surface area is 203 Å². The Morgan fingerprint density at radius 3 is 2.03 bits per heavy atom. The second-order valence-corrected chi connectivity index (χ2v) is 7.08. The number of ether oxygens (including phenoxy) is 2. The van der Waals surface area contributed by atoms with E-state index in [1.54, 1.807) is 7.11 Å². The molecule has 0 saturated heterocycles. The van der Waals surface area contributed by atoms with E-state index in [1.807, 2.05) is 42.5 Å². The lowest BCUT2D eigenvalue weighted by atomic mass is 10.1. The number of rotatable bonds is 9. The van der Waals surface area contributed by atoms with Crippen LogP contribution in [0.25, 0.3) is 0 Å². The van der Waals surface area contributed by atoms with Gasteiger partial charge >= 0.3 is 11.4 Å². The maximum atomic E-state index is 11.2. The minimum Gasteiger partial charge on any atom is -0.863 e. The third-order valence-corrected chi connectivity index (χ3v) is 4.69. The van der Waals surface area contributed by atoms with Crippen LogP contribution >= 0.6 is 0 Å². The fourth-order valence-electron chi connectivity index (χ4n) is 2.98. The summed E-state index contributed by atoms with van der Waals surface area (Å²) in [5.41, 5.74) is 2.02. The van der Waals surface area contributed by atoms with E-state index in [2.05, 4.69) is 11.8 Å². The van der Waals surface area contributed by atoms with Gasteiger partial charge in [-0.25, -0.2) is 0 Å². The van der Waals surface area contributed by atoms with Crippen molar-refractivity contribution >= 4 is 17.1 Å². The fraction of sp³-hybridized carbons (Fsp3) is 0.182. The number of hydrogen-bond donors (Lipinski definition) is 2. The molecule has 0 saturated carbocycles. The molecular formula is C22H22N4O10. The van der Waals surface area contributed by atoms with E-state index in [0.29, 0.717) is 6.61 Å². The van der Waals surface area contributed by atoms with Crippen molar-refractivity contribution in [1.29, 1.82) is 0 Å². The zero-order valence-electron chi connectivity index (χ0n) is 19.0. The molecule has 0 fully saturated rings. The lowest BCUT2D eigenvalue weighted by Crippen LogP contribution is -2.51. The molecule has 0 aromatic heterocycles. The molecular weight excluding hydrogens is 480 g/mol. The van der Waals surface area contributed by atoms with Crippen molar-refractivity contribution in [2.45, 2.75) is 13.0 Å². The van der Waals surface area contributed by atoms with Crippen molar-refractivity contribution in [2.24, 2.45) is 0 Å². The van der Waals surface area contributed by atoms with Crippen molar-refractivity contribution in [3.63, 3.8) is 0 Å². The standard InChI is InChI=1S/C16H19NO2.C6H3N3O8/c1-18-16-11-13(9-10-17)7-8-15(16)19-12-14-5-3-2-4-6-14;10-5-2(7(12)13)1-3(8(14)15)6(11)4(5)9(16)17/h2-8,11H,9-10,12,17H2,1H3;1,10-11H. The summed E-state index contributed by atoms with van der Waals surface area (Å²) in [5.74, 6) is -1.64. The Morgan fingerprint density at radius 1 is 0.861 bits per heavy atom. The number of quaternary nitrogens is 1. The first-order valence-electron chi connectivity index (χ1n) is 10.2. The van der Waals surface area contributed by atoms with Crippen LogP contribution in [-0.4, -0.2) is 33.5 Å². The molecule has 0 spiro atoms. The Bertz CT molecular complexity index is 1210. The van der Waals surface area contributed by atoms with Crippen LogP contribution in [0.4, 0.5) is 17.1 Å². The second kappa shape index (κ2) is 12.5. The van der Waals surface area contributed by atoms with Crippen LogP contribution in [0.15, 0.2) is 54.6 Å². The maximum Gasteiger partial charge on any atom is 0.324 e. The third-order valence-electron chi connectivity index (χ3n) is 4.69. The van der Waals surface area contributed by atoms with Crippen molar-refractivity contribution in [2.75, 3.05) is 13.7 Å². The third kappa shape index (κ3) is 6.77. The molecule has 0 heterocycles. The van der Waals surface area contributed by atoms with Crippen LogP contribution in [0, 0.1) is 30.3 Å². The van der Waals surface area contributed by atoms with Crippen molar-refractivity contribution in [1.82, 2.24) is 0 Å². The van der Waals surface area contributed by atoms with Gasteiger partial charge in [0, 0.05) is 6.42 Å². The molecule has 3 aromatic rings. The zero-order chi connectivity index (χ0) is 26.8. The summed E-state index contributed by atoms with van der Waals surface area (Å²) in [4.78, 5) is 27.1. The lowest BCUT2D eigenvalue weighted by Gasteiger charge is -2.12. The number of nitro benzene ring substituents is 3. The molecule has 0 atom stereocenters. The highest BCUT2D eigenvalue weighted by Crippen LogP contribution is 2.46. The van der Waals surface area contributed by atoms with Gasteiger partial charge in [-0.2, -0.15) is 0 Å². The Hall–Kier alpha value is -4.98. The molecule has 0 aliphatic carbocycles. The van der Waals surface area contributed by atoms with Gasteiger partial charge in [-0.3, -0.25) is 30.3 Å². The van der Waals surface area contributed by atoms with Crippen molar-refractivity contribution < 1.29 is 40.2 Å². The Kier molecular flexibility index (Phi) is 9.45. The van der Waals surface area contributed by atoms with Gasteiger partial charge in [-0.1, -0.05) is 36.4 Å². The molecule has 0 aliphatic heterocycles. The van der Waals surface area contributed by atoms with Crippen LogP contribution in [0.1, 0.15) is 11.1 Å². The van der Waals surface area contributed by atoms with Gasteiger partial charge in [0.1, 0.15) is 6.61 Å². The summed E-state index contributed by atoms with van der Waals surface area (Å²) in [6, 6.07) is 16.3. The van der Waals surface area contributed by atoms with E-state index in [9.17, 15) is 35.4 Å². The minimum absolute atomic E-state index is 0.171. The Morgan fingerprint density at radius 2 is 1.50 bits per heavy atom. The van der Waals surface area contributed by atoms with E-state index in [0.717, 1.165) is 30.0 Å². The summed E-state index contributed by atoms with van der Waals surface area (Å²) in [5, 5.41) is 51.4. The number of nitro groups is 3. The molecule has 14 heteroatoms. The van der Waals surface area contributed by atoms with E-state index >= 15 is 0 Å². The molecule has 0 bridgehead atoms. The first-order chi connectivity index (χ1) is 17.1. The quantitative estimate of drug-likeness (QED) is 0.321. The van der Waals surface area contributed by atoms with Gasteiger partial charge in [0.2, 0.25) is 0 Å². The summed E-state index contributed by atoms with van der Waals surface area (Å²) in [6.45, 7) is 1.43. The largest absolute Gasteiger partial charge is 0.863 e. The molecule has 0 aliphatic rings. The van der Waals surface area contributed by atoms with Crippen LogP contribution in [0.3, 0.4) is 0 Å². The first kappa shape index (κ1) is 27.3. The number of benzene rings is 3. The van der Waals surface area contributed by atoms with Gasteiger partial charge in [0.05, 0.1) is 40.2 Å². The number of aromatic hydroxyl groups is 1. The minimum atomic E-state index is -1.69. The van der Waals surface area contributed by atoms with Gasteiger partial charge in [-0.05, 0) is 23.3 Å². The molecule has 190 valence electrons. The summed E-state index contributed by atoms with van der Waals surface area (Å²) >= 11 is 0. The SMILES string of the molecule is COc1cc(CC[NH3+])ccc1OCc1ccccc1.O=[N+]([O-])c1cc([N+](=O)[O-])c(O)c([N+](=O)[O-])c1[O-]. The molecule has 4 N–H and O–H groups in total. The molecule has 36 heavy (non-hydrogen) atoms. The lowest BCUT2D eigenvalue weighted by molar-refractivity contribution is -0.421. The average Bonchev–Trinajstić information content (AvgIpc) is 2.83. The molecule has 3 aromatic carbocycles. The normalized spacial score (nSPS) is 10.1. The van der Waals surface area contributed by atoms with Gasteiger partial charge in [0.25, 0.3) is 11.4 Å². The van der Waals surface area contributed by atoms with E-state index in [4.69, 9.17) is 14.6 Å². The number of phenols is 1. The molecule has 0 unspecified atom stereocenters. The van der Waals surface area contributed by atoms with Crippen LogP contribution < -0.4 is 20.3 Å². The number of hydrogen-bond acceptors (Lipinski definition) is 10. The molecule has 3 rings (SSSR count). The highest BCUT2D eigenvalue weighted by atomic mass is 16.6. The highest BCUT2D eigenvalue weighted by Gasteiger charge is 2.32. The van der Waals surface area contributed by atoms with Crippen LogP contribution in [0.5, 0.6) is 23.0 Å². The summed E-state index contributed by atoms with van der Waals surface area (Å²) < 4.78 is 11.2. The maximum absolute atomic E-state index is 11.2. The highest BCUT2D eigenvalue weighted by molar-refractivity contribution is 5.73. The van der Waals surface area contributed by atoms with E-state index in [-0.39, 0.29) is 6.07 Å². The van der Waals surface area contributed by atoms with Gasteiger partial charge in [-0.15, -0.1) is 0 Å². The van der Waals surface area contributed by atoms with Gasteiger partial charge < -0.3 is 25.4 Å². The topological polar surface area (TPSA) is 219 Å². The summed E-state index contributed by atoms with van der Waals surface area (Å²) in [7, 11) is 1.67. The average molecular weight is 502 g/mol. The molecule has 0 radical (unpaired) electrons. The second-order valence-electron chi connectivity index (χ2n) is 7.08. The number of phenolic OH excluding ortho intramolecular Hbond substituents is 1. The smallest absolute Gasteiger partial charge is 0.324 e. The number of methoxy groups -OCH3 is 1. The zero-order valence-corrected chi connectivity index (χ0v) is 19.0. The predicted molar refractivity (Wildman–Crippen MR) is 123 cm³/mol. The fourth-order valence-corrected chi connectivity index (χ4v) is 2.98. The van der Waals surface area contributed by atoms with Crippen LogP contribution in [-0.2, 0) is 13.0 Å². The Balaban J connectivity index is 0.000000255. The van der Waals surface area contributed by atoms with Crippen molar-refractivity contribution in [3.8, 4) is 23.0 Å². The summed E-state index contributed by atoms with van der Waals surface area (Å²) in [6.07, 6.45) is 0.954. The number of nitrogens with zero attached hydrogens (tertiary/aromatic N) is 3. The first-order valence-corrected chi connectivity index (χ1v) is 10.2. The van der Waals surface area contributed by atoms with Crippen LogP contribution in [0.2, 0.25) is 0 Å². The van der Waals surface area contributed by atoms with E-state index in [1.165, 1.54) is 5.56 Å². The monoisotopic (exact) mass is 502 g/mol. The molecule has 14 nitrogen and oxygen atoms in total. The predicted octanol–water partition coefficient (Wildman–Crippen LogP) is 2.25. The van der Waals surface area contributed by atoms with Gasteiger partial charge in [0.15, 0.2) is 11.5 Å².